The fourth-order valence-electron chi connectivity index (χ4n) is 6.15. The van der Waals surface area contributed by atoms with E-state index in [0.717, 1.165) is 5.56 Å². The lowest BCUT2D eigenvalue weighted by Gasteiger charge is -2.56. The molecule has 3 aliphatic carbocycles. The third-order valence-corrected chi connectivity index (χ3v) is 9.64. The number of alkyl halides is 1. The molecule has 1 amide bonds. The van der Waals surface area contributed by atoms with E-state index in [2.05, 4.69) is 6.58 Å². The van der Waals surface area contributed by atoms with Gasteiger partial charge < -0.3 is 26.2 Å². The maximum atomic E-state index is 13.8. The molecule has 44 heavy (non-hydrogen) atoms. The Bertz CT molecular complexity index is 1770. The molecule has 1 fully saturated rings. The average Bonchev–Trinajstić information content (AvgIpc) is 2.92. The lowest BCUT2D eigenvalue weighted by molar-refractivity contribution is -0.176. The molecule has 5 rings (SSSR count). The standard InChI is InChI=1S/C22H21ClN2O8.C7H8O3S/c1-7-8-5-4-6-9(26)10(8)17(29)21(23)12(7)16(28)13-14(25(2)3)15(27)11(19(24)31)18(30)22(13,33)20(21)32;1-6-2-4-7(5-3-6)11(8,9)10/h4-6,12-14,16,26,28,30,33H,1H2,2-3H3,(H2,24,31);2-5H,1H3,(H,8,9,10)/t12-,13+,14-,16-,21-,22-;/m0./s1. The van der Waals surface area contributed by atoms with Gasteiger partial charge in [0.25, 0.3) is 16.0 Å². The minimum absolute atomic E-state index is 0.0209. The molecule has 2 aromatic rings. The number of Topliss-reactive ketones (excluding diaryl/α,β-unsaturated/α-hetero) is 3. The largest absolute Gasteiger partial charge is 0.508 e. The van der Waals surface area contributed by atoms with E-state index in [0.29, 0.717) is 0 Å². The summed E-state index contributed by atoms with van der Waals surface area (Å²) in [5.74, 6) is -10.1. The fraction of sp³-hybridized carbons (Fsp3) is 0.310. The van der Waals surface area contributed by atoms with Crippen LogP contribution in [0.5, 0.6) is 5.75 Å². The van der Waals surface area contributed by atoms with E-state index in [1.54, 1.807) is 12.1 Å². The maximum Gasteiger partial charge on any atom is 0.294 e. The van der Waals surface area contributed by atoms with Crippen LogP contribution >= 0.6 is 11.6 Å². The number of aliphatic hydroxyl groups is 3. The summed E-state index contributed by atoms with van der Waals surface area (Å²) in [6.07, 6.45) is -1.86. The van der Waals surface area contributed by atoms with Crippen LogP contribution in [0.4, 0.5) is 0 Å². The summed E-state index contributed by atoms with van der Waals surface area (Å²) in [6.45, 7) is 5.71. The number of ketones is 3. The number of hydrogen-bond donors (Lipinski definition) is 6. The van der Waals surface area contributed by atoms with Gasteiger partial charge in [0.05, 0.1) is 28.5 Å². The molecule has 15 heteroatoms. The number of halogens is 1. The predicted molar refractivity (Wildman–Crippen MR) is 155 cm³/mol. The zero-order chi connectivity index (χ0) is 33.3. The number of primary amides is 1. The van der Waals surface area contributed by atoms with Gasteiger partial charge in [0.2, 0.25) is 5.78 Å². The van der Waals surface area contributed by atoms with E-state index in [1.165, 1.54) is 49.3 Å². The Balaban J connectivity index is 0.000000339. The number of phenols is 1. The SMILES string of the molecule is C=C1c2cccc(O)c2C(=O)[C@]2(Cl)C(=O)[C@@]3(O)C(O)=C(C(N)=O)C(=O)[C@@H](N(C)C)[C@@H]3[C@@H](O)[C@H]12.Cc1ccc(S(=O)(=O)O)cc1. The van der Waals surface area contributed by atoms with Gasteiger partial charge in [-0.05, 0) is 50.4 Å². The summed E-state index contributed by atoms with van der Waals surface area (Å²) in [4.78, 5) is 50.8. The Labute approximate surface area is 256 Å². The van der Waals surface area contributed by atoms with Crippen molar-refractivity contribution >= 4 is 50.5 Å². The molecule has 234 valence electrons. The molecule has 0 saturated heterocycles. The maximum absolute atomic E-state index is 13.8. The first-order valence-electron chi connectivity index (χ1n) is 12.9. The van der Waals surface area contributed by atoms with Gasteiger partial charge in [0.1, 0.15) is 17.1 Å². The monoisotopic (exact) mass is 648 g/mol. The number of hydrogen-bond acceptors (Lipinski definition) is 11. The lowest BCUT2D eigenvalue weighted by atomic mass is 9.52. The third-order valence-electron chi connectivity index (χ3n) is 8.19. The van der Waals surface area contributed by atoms with Crippen molar-refractivity contribution in [3.05, 3.63) is 77.1 Å². The van der Waals surface area contributed by atoms with Crippen molar-refractivity contribution < 1.29 is 52.6 Å². The van der Waals surface area contributed by atoms with Gasteiger partial charge in [-0.25, -0.2) is 0 Å². The first kappa shape index (κ1) is 33.0. The Morgan fingerprint density at radius 1 is 1.07 bits per heavy atom. The number of aromatic hydroxyl groups is 1. The van der Waals surface area contributed by atoms with Crippen LogP contribution in [0, 0.1) is 18.8 Å². The molecule has 1 saturated carbocycles. The van der Waals surface area contributed by atoms with Crippen LogP contribution in [0.1, 0.15) is 21.5 Å². The molecule has 0 bridgehead atoms. The van der Waals surface area contributed by atoms with Crippen LogP contribution in [0.15, 0.2) is 65.3 Å². The number of likely N-dealkylation sites (N-methyl/N-ethyl adjacent to an activating group) is 1. The number of rotatable bonds is 3. The highest BCUT2D eigenvalue weighted by molar-refractivity contribution is 7.85. The van der Waals surface area contributed by atoms with Crippen molar-refractivity contribution in [2.75, 3.05) is 14.1 Å². The molecule has 0 aliphatic heterocycles. The van der Waals surface area contributed by atoms with Crippen molar-refractivity contribution in [2.45, 2.75) is 34.4 Å². The summed E-state index contributed by atoms with van der Waals surface area (Å²) in [5, 5.41) is 44.0. The summed E-state index contributed by atoms with van der Waals surface area (Å²) in [7, 11) is -1.22. The number of carbonyl (C=O) groups excluding carboxylic acids is 4. The highest BCUT2D eigenvalue weighted by Gasteiger charge is 2.75. The van der Waals surface area contributed by atoms with Crippen LogP contribution in [0.3, 0.4) is 0 Å². The van der Waals surface area contributed by atoms with Crippen LogP contribution in [0.25, 0.3) is 5.57 Å². The van der Waals surface area contributed by atoms with Gasteiger partial charge in [0.15, 0.2) is 22.0 Å². The van der Waals surface area contributed by atoms with E-state index in [4.69, 9.17) is 21.9 Å². The number of aliphatic hydroxyl groups excluding tert-OH is 2. The first-order valence-corrected chi connectivity index (χ1v) is 14.7. The fourth-order valence-corrected chi connectivity index (χ4v) is 7.13. The zero-order valence-electron chi connectivity index (χ0n) is 23.6. The number of aryl methyl sites for hydroxylation is 1. The highest BCUT2D eigenvalue weighted by atomic mass is 35.5. The minimum Gasteiger partial charge on any atom is -0.508 e. The molecule has 2 aromatic carbocycles. The Kier molecular flexibility index (Phi) is 8.18. The summed E-state index contributed by atoms with van der Waals surface area (Å²) in [6, 6.07) is 8.57. The summed E-state index contributed by atoms with van der Waals surface area (Å²) in [5.41, 5.74) is 1.88. The zero-order valence-corrected chi connectivity index (χ0v) is 25.1. The topological polar surface area (TPSA) is 233 Å². The number of carbonyl (C=O) groups is 4. The molecule has 0 spiro atoms. The van der Waals surface area contributed by atoms with E-state index in [1.807, 2.05) is 6.92 Å². The number of benzene rings is 2. The molecule has 7 N–H and O–H groups in total. The van der Waals surface area contributed by atoms with Crippen molar-refractivity contribution in [1.82, 2.24) is 4.90 Å². The van der Waals surface area contributed by atoms with Gasteiger partial charge in [-0.15, -0.1) is 11.6 Å². The van der Waals surface area contributed by atoms with Crippen molar-refractivity contribution in [3.63, 3.8) is 0 Å². The van der Waals surface area contributed by atoms with Gasteiger partial charge in [0, 0.05) is 5.92 Å². The number of amides is 1. The van der Waals surface area contributed by atoms with E-state index < -0.39 is 84.9 Å². The second-order valence-corrected chi connectivity index (χ2v) is 13.0. The summed E-state index contributed by atoms with van der Waals surface area (Å²) < 4.78 is 29.6. The molecule has 13 nitrogen and oxygen atoms in total. The van der Waals surface area contributed by atoms with Crippen LogP contribution in [-0.2, 0) is 24.5 Å². The first-order chi connectivity index (χ1) is 20.2. The van der Waals surface area contributed by atoms with Gasteiger partial charge in [-0.3, -0.25) is 28.6 Å². The number of fused-ring (bicyclic) bond motifs is 3. The number of phenolic OH excluding ortho intramolecular Hbond substituents is 1. The van der Waals surface area contributed by atoms with Crippen LogP contribution in [-0.4, -0.2) is 98.3 Å². The molecular weight excluding hydrogens is 620 g/mol. The summed E-state index contributed by atoms with van der Waals surface area (Å²) >= 11 is 6.59. The van der Waals surface area contributed by atoms with Crippen LogP contribution < -0.4 is 5.73 Å². The minimum atomic E-state index is -4.02. The predicted octanol–water partition coefficient (Wildman–Crippen LogP) is 0.538. The second-order valence-electron chi connectivity index (χ2n) is 11.0. The van der Waals surface area contributed by atoms with E-state index >= 15 is 0 Å². The Morgan fingerprint density at radius 3 is 2.14 bits per heavy atom. The molecular formula is C29H29ClN2O11S. The highest BCUT2D eigenvalue weighted by Crippen LogP contribution is 2.58. The molecule has 0 radical (unpaired) electrons. The van der Waals surface area contributed by atoms with Gasteiger partial charge in [-0.1, -0.05) is 36.4 Å². The molecule has 3 aliphatic rings. The number of nitrogens with zero attached hydrogens (tertiary/aromatic N) is 1. The quantitative estimate of drug-likeness (QED) is 0.116. The Hall–Kier alpha value is -3.92. The Morgan fingerprint density at radius 2 is 1.64 bits per heavy atom. The van der Waals surface area contributed by atoms with E-state index in [-0.39, 0.29) is 21.6 Å². The van der Waals surface area contributed by atoms with Gasteiger partial charge in [-0.2, -0.15) is 8.42 Å². The lowest BCUT2D eigenvalue weighted by Crippen LogP contribution is -2.77. The van der Waals surface area contributed by atoms with Gasteiger partial charge >= 0.3 is 0 Å². The molecule has 0 heterocycles. The van der Waals surface area contributed by atoms with Crippen LogP contribution in [0.2, 0.25) is 0 Å². The molecule has 0 aromatic heterocycles. The normalized spacial score (nSPS) is 29.8. The second kappa shape index (κ2) is 10.9. The van der Waals surface area contributed by atoms with Crippen molar-refractivity contribution in [2.24, 2.45) is 17.6 Å². The average molecular weight is 649 g/mol. The smallest absolute Gasteiger partial charge is 0.294 e. The number of nitrogens with two attached hydrogens (primary N) is 1. The molecule has 6 atom stereocenters. The van der Waals surface area contributed by atoms with Crippen molar-refractivity contribution in [1.29, 1.82) is 0 Å². The molecule has 0 unspecified atom stereocenters. The van der Waals surface area contributed by atoms with Crippen molar-refractivity contribution in [3.8, 4) is 5.75 Å². The third kappa shape index (κ3) is 4.65. The van der Waals surface area contributed by atoms with E-state index in [9.17, 15) is 48.0 Å².